The number of nitrogens with zero attached hydrogens (tertiary/aromatic N) is 3. The first-order valence-corrected chi connectivity index (χ1v) is 12.9. The number of piperazine rings is 1. The van der Waals surface area contributed by atoms with Gasteiger partial charge in [0.2, 0.25) is 0 Å². The highest BCUT2D eigenvalue weighted by Gasteiger charge is 2.28. The van der Waals surface area contributed by atoms with E-state index in [1.165, 1.54) is 58.4 Å². The lowest BCUT2D eigenvalue weighted by Crippen LogP contribution is -2.54. The maximum absolute atomic E-state index is 9.55. The van der Waals surface area contributed by atoms with Crippen LogP contribution in [0.2, 0.25) is 0 Å². The minimum atomic E-state index is -1.26. The van der Waals surface area contributed by atoms with Crippen molar-refractivity contribution in [1.82, 2.24) is 9.80 Å². The van der Waals surface area contributed by atoms with Gasteiger partial charge in [-0.1, -0.05) is 6.42 Å². The van der Waals surface area contributed by atoms with Gasteiger partial charge in [0.25, 0.3) is 0 Å². The Bertz CT molecular complexity index is 998. The molecule has 2 unspecified atom stereocenters. The van der Waals surface area contributed by atoms with Gasteiger partial charge in [0.05, 0.1) is 17.7 Å². The van der Waals surface area contributed by atoms with Crippen molar-refractivity contribution in [1.29, 1.82) is 5.26 Å². The van der Waals surface area contributed by atoms with Crippen molar-refractivity contribution in [3.63, 3.8) is 0 Å². The molecule has 2 aliphatic rings. The molecule has 2 saturated heterocycles. The molecule has 1 aromatic rings. The SMILES string of the molecule is CC(CCCN1CCN2CCCCC2C1)Oc1ccc(C#N)cc1.O=C(O)/C=C/C(=O)O.O=C(O)/C=C/C(=O)O. The predicted molar refractivity (Wildman–Crippen MR) is 145 cm³/mol. The standard InChI is InChI=1S/C20H29N3O.2C4H4O4/c1-17(24-20-9-7-18(15-21)8-10-20)5-4-11-22-13-14-23-12-3-2-6-19(23)16-22;2*5-3(6)1-2-4(7)8/h7-10,17,19H,2-6,11-14,16H2,1H3;2*1-2H,(H,5,6)(H,7,8)/b;2*2-1+. The van der Waals surface area contributed by atoms with Crippen LogP contribution in [0, 0.1) is 11.3 Å². The number of fused-ring (bicyclic) bond motifs is 1. The second-order valence-electron chi connectivity index (χ2n) is 9.21. The molecule has 12 heteroatoms. The first kappa shape index (κ1) is 33.8. The number of rotatable bonds is 10. The van der Waals surface area contributed by atoms with E-state index in [4.69, 9.17) is 30.4 Å². The van der Waals surface area contributed by atoms with Crippen LogP contribution in [0.15, 0.2) is 48.6 Å². The van der Waals surface area contributed by atoms with Gasteiger partial charge in [-0.2, -0.15) is 5.26 Å². The van der Waals surface area contributed by atoms with Gasteiger partial charge in [0.15, 0.2) is 0 Å². The quantitative estimate of drug-likeness (QED) is 0.307. The van der Waals surface area contributed by atoms with Gasteiger partial charge in [-0.05, 0) is 70.0 Å². The number of carbonyl (C=O) groups is 4. The van der Waals surface area contributed by atoms with Gasteiger partial charge in [-0.25, -0.2) is 19.2 Å². The molecule has 0 amide bonds. The summed E-state index contributed by atoms with van der Waals surface area (Å²) >= 11 is 0. The molecule has 4 N–H and O–H groups in total. The molecular weight excluding hydrogens is 522 g/mol. The third-order valence-corrected chi connectivity index (χ3v) is 6.06. The molecule has 2 heterocycles. The summed E-state index contributed by atoms with van der Waals surface area (Å²) in [5.41, 5.74) is 0.678. The molecule has 0 saturated carbocycles. The summed E-state index contributed by atoms with van der Waals surface area (Å²) in [6.07, 6.45) is 8.89. The molecule has 3 rings (SSSR count). The Morgan fingerprint density at radius 1 is 0.925 bits per heavy atom. The van der Waals surface area contributed by atoms with Crippen molar-refractivity contribution in [2.45, 2.75) is 51.2 Å². The Balaban J connectivity index is 0.000000412. The molecule has 40 heavy (non-hydrogen) atoms. The van der Waals surface area contributed by atoms with E-state index >= 15 is 0 Å². The molecule has 2 atom stereocenters. The minimum absolute atomic E-state index is 0.217. The molecule has 1 aromatic carbocycles. The second kappa shape index (κ2) is 18.9. The van der Waals surface area contributed by atoms with Crippen molar-refractivity contribution >= 4 is 23.9 Å². The lowest BCUT2D eigenvalue weighted by atomic mass is 9.99. The topological polar surface area (TPSA) is 189 Å². The van der Waals surface area contributed by atoms with Crippen LogP contribution in [-0.2, 0) is 19.2 Å². The Morgan fingerprint density at radius 3 is 1.98 bits per heavy atom. The Hall–Kier alpha value is -4.21. The molecule has 218 valence electrons. The monoisotopic (exact) mass is 559 g/mol. The number of hydrogen-bond donors (Lipinski definition) is 4. The number of benzene rings is 1. The van der Waals surface area contributed by atoms with Crippen LogP contribution < -0.4 is 4.74 Å². The van der Waals surface area contributed by atoms with Gasteiger partial charge >= 0.3 is 23.9 Å². The summed E-state index contributed by atoms with van der Waals surface area (Å²) in [5.74, 6) is -4.17. The van der Waals surface area contributed by atoms with Crippen LogP contribution in [0.3, 0.4) is 0 Å². The fourth-order valence-electron chi connectivity index (χ4n) is 4.21. The van der Waals surface area contributed by atoms with E-state index in [1.54, 1.807) is 0 Å². The van der Waals surface area contributed by atoms with Gasteiger partial charge in [-0.15, -0.1) is 0 Å². The number of carboxylic acid groups (broad SMARTS) is 4. The number of ether oxygens (including phenoxy) is 1. The molecule has 0 spiro atoms. The molecule has 0 radical (unpaired) electrons. The maximum Gasteiger partial charge on any atom is 0.328 e. The Labute approximate surface area is 233 Å². The summed E-state index contributed by atoms with van der Waals surface area (Å²) in [7, 11) is 0. The highest BCUT2D eigenvalue weighted by molar-refractivity contribution is 5.90. The summed E-state index contributed by atoms with van der Waals surface area (Å²) in [5, 5.41) is 40.1. The van der Waals surface area contributed by atoms with Crippen molar-refractivity contribution in [3.05, 3.63) is 54.1 Å². The third kappa shape index (κ3) is 15.9. The number of carboxylic acids is 4. The number of aliphatic carboxylic acids is 4. The van der Waals surface area contributed by atoms with E-state index < -0.39 is 23.9 Å². The van der Waals surface area contributed by atoms with E-state index in [9.17, 15) is 19.2 Å². The van der Waals surface area contributed by atoms with Gasteiger partial charge in [0, 0.05) is 50.0 Å². The van der Waals surface area contributed by atoms with E-state index in [0.717, 1.165) is 18.2 Å². The normalized spacial score (nSPS) is 17.8. The van der Waals surface area contributed by atoms with Gasteiger partial charge in [-0.3, -0.25) is 4.90 Å². The van der Waals surface area contributed by atoms with Gasteiger partial charge < -0.3 is 30.1 Å². The molecule has 2 aliphatic heterocycles. The van der Waals surface area contributed by atoms with Crippen LogP contribution in [0.5, 0.6) is 5.75 Å². The van der Waals surface area contributed by atoms with E-state index in [-0.39, 0.29) is 6.10 Å². The maximum atomic E-state index is 9.55. The van der Waals surface area contributed by atoms with Crippen LogP contribution >= 0.6 is 0 Å². The van der Waals surface area contributed by atoms with Crippen LogP contribution in [-0.4, -0.2) is 99.0 Å². The zero-order valence-electron chi connectivity index (χ0n) is 22.5. The van der Waals surface area contributed by atoms with Crippen molar-refractivity contribution in [3.8, 4) is 11.8 Å². The first-order valence-electron chi connectivity index (χ1n) is 12.9. The van der Waals surface area contributed by atoms with Crippen LogP contribution in [0.4, 0.5) is 0 Å². The zero-order valence-corrected chi connectivity index (χ0v) is 22.5. The van der Waals surface area contributed by atoms with Crippen molar-refractivity contribution in [2.24, 2.45) is 0 Å². The zero-order chi connectivity index (χ0) is 29.9. The van der Waals surface area contributed by atoms with Crippen LogP contribution in [0.1, 0.15) is 44.6 Å². The molecular formula is C28H37N3O9. The fraction of sp³-hybridized carbons (Fsp3) is 0.464. The molecule has 0 bridgehead atoms. The number of nitriles is 1. The number of hydrogen-bond acceptors (Lipinski definition) is 8. The highest BCUT2D eigenvalue weighted by atomic mass is 16.5. The average molecular weight is 560 g/mol. The Kier molecular flexibility index (Phi) is 16.0. The molecule has 2 fully saturated rings. The Morgan fingerprint density at radius 2 is 1.48 bits per heavy atom. The molecule has 12 nitrogen and oxygen atoms in total. The summed E-state index contributed by atoms with van der Waals surface area (Å²) < 4.78 is 5.95. The largest absolute Gasteiger partial charge is 0.491 e. The molecule has 0 aliphatic carbocycles. The summed E-state index contributed by atoms with van der Waals surface area (Å²) in [6, 6.07) is 10.3. The lowest BCUT2D eigenvalue weighted by molar-refractivity contribution is -0.134. The highest BCUT2D eigenvalue weighted by Crippen LogP contribution is 2.21. The molecule has 0 aromatic heterocycles. The fourth-order valence-corrected chi connectivity index (χ4v) is 4.21. The summed E-state index contributed by atoms with van der Waals surface area (Å²) in [6.45, 7) is 8.37. The van der Waals surface area contributed by atoms with E-state index in [0.29, 0.717) is 29.9 Å². The predicted octanol–water partition coefficient (Wildman–Crippen LogP) is 2.70. The van der Waals surface area contributed by atoms with Crippen molar-refractivity contribution < 1.29 is 44.3 Å². The smallest absolute Gasteiger partial charge is 0.328 e. The van der Waals surface area contributed by atoms with Crippen LogP contribution in [0.25, 0.3) is 0 Å². The second-order valence-corrected chi connectivity index (χ2v) is 9.21. The van der Waals surface area contributed by atoms with Crippen molar-refractivity contribution in [2.75, 3.05) is 32.7 Å². The van der Waals surface area contributed by atoms with E-state index in [1.807, 2.05) is 24.3 Å². The van der Waals surface area contributed by atoms with E-state index in [2.05, 4.69) is 22.8 Å². The first-order chi connectivity index (χ1) is 19.0. The summed E-state index contributed by atoms with van der Waals surface area (Å²) in [4.78, 5) is 43.5. The third-order valence-electron chi connectivity index (χ3n) is 6.06. The average Bonchev–Trinajstić information content (AvgIpc) is 2.92. The van der Waals surface area contributed by atoms with Gasteiger partial charge in [0.1, 0.15) is 5.75 Å². The lowest BCUT2D eigenvalue weighted by Gasteiger charge is -2.44. The minimum Gasteiger partial charge on any atom is -0.491 e. The number of piperidine rings is 1.